The lowest BCUT2D eigenvalue weighted by atomic mass is 10.4. The van der Waals surface area contributed by atoms with Gasteiger partial charge in [-0.2, -0.15) is 12.6 Å². The highest BCUT2D eigenvalue weighted by Crippen LogP contribution is 2.14. The fourth-order valence-corrected chi connectivity index (χ4v) is 1.44. The first kappa shape index (κ1) is 9.45. The molecule has 1 amide bonds. The Hall–Kier alpha value is -0.640. The van der Waals surface area contributed by atoms with E-state index in [9.17, 15) is 4.79 Å². The van der Waals surface area contributed by atoms with E-state index in [2.05, 4.69) is 19.2 Å². The van der Waals surface area contributed by atoms with Crippen molar-refractivity contribution in [1.29, 1.82) is 0 Å². The zero-order valence-electron chi connectivity index (χ0n) is 6.90. The number of amides is 1. The van der Waals surface area contributed by atoms with Crippen molar-refractivity contribution in [3.63, 3.8) is 0 Å². The van der Waals surface area contributed by atoms with Gasteiger partial charge in [0.15, 0.2) is 0 Å². The summed E-state index contributed by atoms with van der Waals surface area (Å²) in [5.74, 6) is 0. The molecule has 68 valence electrons. The van der Waals surface area contributed by atoms with E-state index in [4.69, 9.17) is 4.74 Å². The van der Waals surface area contributed by atoms with Crippen molar-refractivity contribution in [2.75, 3.05) is 19.7 Å². The highest BCUT2D eigenvalue weighted by Gasteiger charge is 2.24. The maximum absolute atomic E-state index is 11.2. The van der Waals surface area contributed by atoms with E-state index in [-0.39, 0.29) is 12.7 Å². The molecule has 1 rings (SSSR count). The number of rotatable bonds is 2. The Balaban J connectivity index is 2.28. The Labute approximate surface area is 77.8 Å². The minimum atomic E-state index is -0.258. The lowest BCUT2D eigenvalue weighted by Gasteiger charge is -2.14. The zero-order valence-corrected chi connectivity index (χ0v) is 7.80. The van der Waals surface area contributed by atoms with E-state index in [1.54, 1.807) is 11.0 Å². The number of hydrogen-bond acceptors (Lipinski definition) is 3. The van der Waals surface area contributed by atoms with Gasteiger partial charge in [0.05, 0.1) is 0 Å². The lowest BCUT2D eigenvalue weighted by Crippen LogP contribution is -2.29. The molecule has 4 heteroatoms. The van der Waals surface area contributed by atoms with Crippen LogP contribution in [-0.2, 0) is 4.74 Å². The number of likely N-dealkylation sites (tertiary alicyclic amines) is 1. The molecular weight excluding hydrogens is 174 g/mol. The molecule has 0 aromatic heterocycles. The average molecular weight is 187 g/mol. The minimum absolute atomic E-state index is 0.258. The summed E-state index contributed by atoms with van der Waals surface area (Å²) in [7, 11) is 0. The molecule has 0 aromatic rings. The summed E-state index contributed by atoms with van der Waals surface area (Å²) >= 11 is 4.27. The molecule has 0 saturated carbocycles. The monoisotopic (exact) mass is 187 g/mol. The maximum Gasteiger partial charge on any atom is 0.410 e. The number of nitrogens with zero attached hydrogens (tertiary/aromatic N) is 1. The van der Waals surface area contributed by atoms with E-state index in [1.165, 1.54) is 0 Å². The van der Waals surface area contributed by atoms with Crippen LogP contribution >= 0.6 is 12.6 Å². The molecular formula is C8H13NO2S. The van der Waals surface area contributed by atoms with Crippen LogP contribution in [-0.4, -0.2) is 35.9 Å². The van der Waals surface area contributed by atoms with Crippen molar-refractivity contribution < 1.29 is 9.53 Å². The third kappa shape index (κ3) is 2.44. The number of carbonyl (C=O) groups excluding carboxylic acids is 1. The van der Waals surface area contributed by atoms with Crippen molar-refractivity contribution >= 4 is 18.7 Å². The third-order valence-electron chi connectivity index (χ3n) is 1.75. The lowest BCUT2D eigenvalue weighted by molar-refractivity contribution is 0.121. The van der Waals surface area contributed by atoms with Crippen LogP contribution in [0.3, 0.4) is 0 Å². The van der Waals surface area contributed by atoms with Crippen LogP contribution in [0.5, 0.6) is 0 Å². The summed E-state index contributed by atoms with van der Waals surface area (Å²) in [6.45, 7) is 5.20. The summed E-state index contributed by atoms with van der Waals surface area (Å²) in [6, 6.07) is 0. The van der Waals surface area contributed by atoms with Crippen molar-refractivity contribution in [1.82, 2.24) is 4.90 Å². The van der Waals surface area contributed by atoms with Crippen LogP contribution < -0.4 is 0 Å². The summed E-state index contributed by atoms with van der Waals surface area (Å²) in [5.41, 5.74) is 0. The molecule has 0 aromatic carbocycles. The molecule has 0 spiro atoms. The third-order valence-corrected chi connectivity index (χ3v) is 2.17. The highest BCUT2D eigenvalue weighted by molar-refractivity contribution is 7.81. The smallest absolute Gasteiger partial charge is 0.410 e. The summed E-state index contributed by atoms with van der Waals surface area (Å²) in [4.78, 5) is 12.8. The summed E-state index contributed by atoms with van der Waals surface area (Å²) in [6.07, 6.45) is 2.25. The Morgan fingerprint density at radius 3 is 3.08 bits per heavy atom. The molecule has 3 nitrogen and oxygen atoms in total. The molecule has 1 saturated heterocycles. The van der Waals surface area contributed by atoms with Crippen molar-refractivity contribution in [3.05, 3.63) is 12.7 Å². The first-order valence-corrected chi connectivity index (χ1v) is 4.46. The quantitative estimate of drug-likeness (QED) is 0.522. The molecule has 1 aliphatic rings. The van der Waals surface area contributed by atoms with Gasteiger partial charge in [-0.3, -0.25) is 0 Å². The van der Waals surface area contributed by atoms with Crippen molar-refractivity contribution in [2.45, 2.75) is 11.7 Å². The van der Waals surface area contributed by atoms with E-state index >= 15 is 0 Å². The predicted molar refractivity (Wildman–Crippen MR) is 50.5 cm³/mol. The summed E-state index contributed by atoms with van der Waals surface area (Å²) in [5, 5.41) is 0.307. The van der Waals surface area contributed by atoms with Crippen molar-refractivity contribution in [3.8, 4) is 0 Å². The minimum Gasteiger partial charge on any atom is -0.445 e. The van der Waals surface area contributed by atoms with E-state index in [1.807, 2.05) is 0 Å². The number of carbonyl (C=O) groups is 1. The molecule has 12 heavy (non-hydrogen) atoms. The SMILES string of the molecule is C=CCOC(=O)N1CC[C@@H](S)C1. The van der Waals surface area contributed by atoms with E-state index in [0.717, 1.165) is 13.0 Å². The summed E-state index contributed by atoms with van der Waals surface area (Å²) < 4.78 is 4.86. The largest absolute Gasteiger partial charge is 0.445 e. The van der Waals surface area contributed by atoms with Gasteiger partial charge in [-0.15, -0.1) is 0 Å². The fourth-order valence-electron chi connectivity index (χ4n) is 1.13. The predicted octanol–water partition coefficient (Wildman–Crippen LogP) is 1.31. The molecule has 1 heterocycles. The van der Waals surface area contributed by atoms with Crippen LogP contribution in [0.1, 0.15) is 6.42 Å². The number of hydrogen-bond donors (Lipinski definition) is 1. The average Bonchev–Trinajstić information content (AvgIpc) is 2.47. The molecule has 0 bridgehead atoms. The first-order valence-electron chi connectivity index (χ1n) is 3.94. The molecule has 1 fully saturated rings. The van der Waals surface area contributed by atoms with E-state index in [0.29, 0.717) is 11.8 Å². The number of ether oxygens (including phenoxy) is 1. The van der Waals surface area contributed by atoms with Crippen LogP contribution in [0, 0.1) is 0 Å². The van der Waals surface area contributed by atoms with Crippen molar-refractivity contribution in [2.24, 2.45) is 0 Å². The van der Waals surface area contributed by atoms with Gasteiger partial charge in [0, 0.05) is 18.3 Å². The molecule has 0 unspecified atom stereocenters. The normalized spacial score (nSPS) is 22.4. The Kier molecular flexibility index (Phi) is 3.47. The van der Waals surface area contributed by atoms with Crippen LogP contribution in [0.4, 0.5) is 4.79 Å². The molecule has 0 N–H and O–H groups in total. The van der Waals surface area contributed by atoms with Crippen LogP contribution in [0.2, 0.25) is 0 Å². The van der Waals surface area contributed by atoms with Gasteiger partial charge in [0.25, 0.3) is 0 Å². The fraction of sp³-hybridized carbons (Fsp3) is 0.625. The Morgan fingerprint density at radius 2 is 2.58 bits per heavy atom. The van der Waals surface area contributed by atoms with Gasteiger partial charge in [0.1, 0.15) is 6.61 Å². The number of thiol groups is 1. The zero-order chi connectivity index (χ0) is 8.97. The van der Waals surface area contributed by atoms with Crippen LogP contribution in [0.25, 0.3) is 0 Å². The topological polar surface area (TPSA) is 29.5 Å². The standard InChI is InChI=1S/C8H13NO2S/c1-2-5-11-8(10)9-4-3-7(12)6-9/h2,7,12H,1,3-6H2/t7-/m1/s1. The van der Waals surface area contributed by atoms with Gasteiger partial charge >= 0.3 is 6.09 Å². The molecule has 1 aliphatic heterocycles. The second kappa shape index (κ2) is 4.40. The molecule has 0 radical (unpaired) electrons. The molecule has 0 aliphatic carbocycles. The first-order chi connectivity index (χ1) is 5.74. The van der Waals surface area contributed by atoms with Gasteiger partial charge in [-0.1, -0.05) is 12.7 Å². The van der Waals surface area contributed by atoms with Crippen LogP contribution in [0.15, 0.2) is 12.7 Å². The molecule has 1 atom stereocenters. The Morgan fingerprint density at radius 1 is 1.83 bits per heavy atom. The second-order valence-electron chi connectivity index (χ2n) is 2.75. The maximum atomic E-state index is 11.2. The second-order valence-corrected chi connectivity index (χ2v) is 3.48. The van der Waals surface area contributed by atoms with Gasteiger partial charge in [-0.25, -0.2) is 4.79 Å². The van der Waals surface area contributed by atoms with Gasteiger partial charge in [0.2, 0.25) is 0 Å². The highest BCUT2D eigenvalue weighted by atomic mass is 32.1. The van der Waals surface area contributed by atoms with E-state index < -0.39 is 0 Å². The Bertz CT molecular complexity index is 184. The van der Waals surface area contributed by atoms with Gasteiger partial charge in [-0.05, 0) is 6.42 Å². The van der Waals surface area contributed by atoms with Gasteiger partial charge < -0.3 is 9.64 Å².